The zero-order chi connectivity index (χ0) is 19.4. The maximum Gasteiger partial charge on any atom is 0.275 e. The summed E-state index contributed by atoms with van der Waals surface area (Å²) in [6.45, 7) is 6.85. The topological polar surface area (TPSA) is 70.9 Å². The second-order valence-electron chi connectivity index (χ2n) is 7.92. The SMILES string of the molecule is CCCc1ccc(S(=O)(=O)N2CC[NH+](CC(=O)N[C@H](C)C3CC3)CC2)cc1. The first kappa shape index (κ1) is 20.3. The molecule has 27 heavy (non-hydrogen) atoms. The van der Waals surface area contributed by atoms with Gasteiger partial charge in [0.2, 0.25) is 10.0 Å². The maximum absolute atomic E-state index is 12.9. The number of hydrogen-bond acceptors (Lipinski definition) is 3. The predicted molar refractivity (Wildman–Crippen MR) is 105 cm³/mol. The molecule has 1 aromatic carbocycles. The third-order valence-corrected chi connectivity index (χ3v) is 7.57. The molecule has 1 aliphatic heterocycles. The number of carbonyl (C=O) groups is 1. The molecule has 1 atom stereocenters. The number of quaternary nitrogens is 1. The van der Waals surface area contributed by atoms with Crippen LogP contribution in [0.5, 0.6) is 0 Å². The Balaban J connectivity index is 1.50. The summed E-state index contributed by atoms with van der Waals surface area (Å²) in [4.78, 5) is 13.7. The Bertz CT molecular complexity index is 736. The molecule has 1 saturated heterocycles. The van der Waals surface area contributed by atoms with Gasteiger partial charge in [-0.15, -0.1) is 0 Å². The van der Waals surface area contributed by atoms with Crippen LogP contribution >= 0.6 is 0 Å². The van der Waals surface area contributed by atoms with Crippen molar-refractivity contribution in [2.75, 3.05) is 32.7 Å². The van der Waals surface area contributed by atoms with Crippen molar-refractivity contribution in [3.8, 4) is 0 Å². The van der Waals surface area contributed by atoms with E-state index < -0.39 is 10.0 Å². The van der Waals surface area contributed by atoms with Crippen LogP contribution in [0, 0.1) is 5.92 Å². The van der Waals surface area contributed by atoms with Gasteiger partial charge >= 0.3 is 0 Å². The average molecular weight is 395 g/mol. The number of nitrogens with one attached hydrogen (secondary N) is 2. The summed E-state index contributed by atoms with van der Waals surface area (Å²) in [7, 11) is -3.45. The molecule has 0 unspecified atom stereocenters. The smallest absolute Gasteiger partial charge is 0.275 e. The number of nitrogens with zero attached hydrogens (tertiary/aromatic N) is 1. The summed E-state index contributed by atoms with van der Waals surface area (Å²) in [5.74, 6) is 0.724. The summed E-state index contributed by atoms with van der Waals surface area (Å²) >= 11 is 0. The Morgan fingerprint density at radius 1 is 1.22 bits per heavy atom. The van der Waals surface area contributed by atoms with Crippen molar-refractivity contribution in [2.45, 2.75) is 50.5 Å². The number of carbonyl (C=O) groups excluding carboxylic acids is 1. The summed E-state index contributed by atoms with van der Waals surface area (Å²) in [5, 5.41) is 3.08. The van der Waals surface area contributed by atoms with Crippen molar-refractivity contribution in [3.63, 3.8) is 0 Å². The van der Waals surface area contributed by atoms with Crippen LogP contribution in [0.1, 0.15) is 38.7 Å². The molecule has 3 rings (SSSR count). The van der Waals surface area contributed by atoms with Crippen LogP contribution in [0.4, 0.5) is 0 Å². The average Bonchev–Trinajstić information content (AvgIpc) is 3.48. The lowest BCUT2D eigenvalue weighted by atomic mass is 10.1. The van der Waals surface area contributed by atoms with Gasteiger partial charge in [-0.1, -0.05) is 25.5 Å². The number of benzene rings is 1. The minimum atomic E-state index is -3.45. The van der Waals surface area contributed by atoms with Gasteiger partial charge in [-0.3, -0.25) is 4.79 Å². The number of aryl methyl sites for hydroxylation is 1. The molecule has 0 aromatic heterocycles. The van der Waals surface area contributed by atoms with Crippen molar-refractivity contribution in [1.29, 1.82) is 0 Å². The number of sulfonamides is 1. The van der Waals surface area contributed by atoms with Crippen LogP contribution in [0.2, 0.25) is 0 Å². The third kappa shape index (κ3) is 5.30. The highest BCUT2D eigenvalue weighted by atomic mass is 32.2. The quantitative estimate of drug-likeness (QED) is 0.672. The molecule has 2 N–H and O–H groups in total. The zero-order valence-electron chi connectivity index (χ0n) is 16.4. The van der Waals surface area contributed by atoms with Gasteiger partial charge < -0.3 is 10.2 Å². The van der Waals surface area contributed by atoms with Crippen molar-refractivity contribution < 1.29 is 18.1 Å². The summed E-state index contributed by atoms with van der Waals surface area (Å²) in [6, 6.07) is 7.50. The van der Waals surface area contributed by atoms with Gasteiger partial charge in [-0.2, -0.15) is 4.31 Å². The highest BCUT2D eigenvalue weighted by Gasteiger charge is 2.32. The molecule has 1 aliphatic carbocycles. The van der Waals surface area contributed by atoms with E-state index in [0.29, 0.717) is 43.5 Å². The van der Waals surface area contributed by atoms with Gasteiger partial charge in [-0.05, 0) is 49.8 Å². The first-order chi connectivity index (χ1) is 12.9. The summed E-state index contributed by atoms with van der Waals surface area (Å²) < 4.78 is 27.3. The third-order valence-electron chi connectivity index (χ3n) is 5.66. The molecule has 2 aliphatic rings. The fourth-order valence-corrected chi connectivity index (χ4v) is 5.17. The van der Waals surface area contributed by atoms with Crippen LogP contribution < -0.4 is 10.2 Å². The number of rotatable bonds is 8. The fraction of sp³-hybridized carbons (Fsp3) is 0.650. The van der Waals surface area contributed by atoms with Gasteiger partial charge in [0.1, 0.15) is 0 Å². The van der Waals surface area contributed by atoms with E-state index in [1.165, 1.54) is 12.8 Å². The molecule has 0 spiro atoms. The van der Waals surface area contributed by atoms with Gasteiger partial charge in [0.25, 0.3) is 5.91 Å². The molecule has 1 saturated carbocycles. The number of hydrogen-bond donors (Lipinski definition) is 2. The predicted octanol–water partition coefficient (Wildman–Crippen LogP) is 0.443. The summed E-state index contributed by atoms with van der Waals surface area (Å²) in [6.07, 6.45) is 4.43. The lowest BCUT2D eigenvalue weighted by molar-refractivity contribution is -0.895. The molecule has 1 amide bonds. The lowest BCUT2D eigenvalue weighted by Crippen LogP contribution is -3.15. The van der Waals surface area contributed by atoms with E-state index >= 15 is 0 Å². The molecule has 150 valence electrons. The first-order valence-electron chi connectivity index (χ1n) is 10.1. The number of amides is 1. The van der Waals surface area contributed by atoms with E-state index in [2.05, 4.69) is 19.2 Å². The van der Waals surface area contributed by atoms with Crippen LogP contribution in [0.3, 0.4) is 0 Å². The molecule has 0 radical (unpaired) electrons. The van der Waals surface area contributed by atoms with Crippen molar-refractivity contribution in [3.05, 3.63) is 29.8 Å². The summed E-state index contributed by atoms with van der Waals surface area (Å²) in [5.41, 5.74) is 1.16. The van der Waals surface area contributed by atoms with Gasteiger partial charge in [0.15, 0.2) is 6.54 Å². The van der Waals surface area contributed by atoms with Gasteiger partial charge in [-0.25, -0.2) is 8.42 Å². The largest absolute Gasteiger partial charge is 0.348 e. The van der Waals surface area contributed by atoms with E-state index in [0.717, 1.165) is 23.3 Å². The van der Waals surface area contributed by atoms with Gasteiger partial charge in [0.05, 0.1) is 31.1 Å². The first-order valence-corrected chi connectivity index (χ1v) is 11.6. The van der Waals surface area contributed by atoms with E-state index in [4.69, 9.17) is 0 Å². The zero-order valence-corrected chi connectivity index (χ0v) is 17.2. The van der Waals surface area contributed by atoms with Crippen molar-refractivity contribution in [2.24, 2.45) is 5.92 Å². The molecule has 7 heteroatoms. The Labute approximate surface area is 163 Å². The molecular weight excluding hydrogens is 362 g/mol. The standard InChI is InChI=1S/C20H31N3O3S/c1-3-4-17-5-9-19(10-6-17)27(25,26)23-13-11-22(12-14-23)15-20(24)21-16(2)18-7-8-18/h5-6,9-10,16,18H,3-4,7-8,11-15H2,1-2H3,(H,21,24)/p+1/t16-/m1/s1. The van der Waals surface area contributed by atoms with Gasteiger partial charge in [0, 0.05) is 6.04 Å². The Hall–Kier alpha value is -1.44. The minimum absolute atomic E-state index is 0.0761. The van der Waals surface area contributed by atoms with E-state index in [-0.39, 0.29) is 11.9 Å². The second-order valence-corrected chi connectivity index (χ2v) is 9.86. The fourth-order valence-electron chi connectivity index (χ4n) is 3.73. The molecule has 2 fully saturated rings. The van der Waals surface area contributed by atoms with Crippen molar-refractivity contribution >= 4 is 15.9 Å². The minimum Gasteiger partial charge on any atom is -0.348 e. The Kier molecular flexibility index (Phi) is 6.55. The Morgan fingerprint density at radius 2 is 1.85 bits per heavy atom. The van der Waals surface area contributed by atoms with Crippen LogP contribution in [-0.2, 0) is 21.2 Å². The molecule has 0 bridgehead atoms. The van der Waals surface area contributed by atoms with E-state index in [1.807, 2.05) is 12.1 Å². The highest BCUT2D eigenvalue weighted by Crippen LogP contribution is 2.32. The Morgan fingerprint density at radius 3 is 2.41 bits per heavy atom. The second kappa shape index (κ2) is 8.71. The number of piperazine rings is 1. The molecule has 1 aromatic rings. The normalized spacial score (nSPS) is 20.4. The van der Waals surface area contributed by atoms with Crippen LogP contribution in [-0.4, -0.2) is 57.4 Å². The van der Waals surface area contributed by atoms with Crippen molar-refractivity contribution in [1.82, 2.24) is 9.62 Å². The van der Waals surface area contributed by atoms with E-state index in [1.54, 1.807) is 16.4 Å². The molecule has 6 nitrogen and oxygen atoms in total. The molecular formula is C20H32N3O3S+. The van der Waals surface area contributed by atoms with Crippen LogP contribution in [0.15, 0.2) is 29.2 Å². The monoisotopic (exact) mass is 394 g/mol. The highest BCUT2D eigenvalue weighted by molar-refractivity contribution is 7.89. The lowest BCUT2D eigenvalue weighted by Gasteiger charge is -2.31. The van der Waals surface area contributed by atoms with E-state index in [9.17, 15) is 13.2 Å². The maximum atomic E-state index is 12.9. The van der Waals surface area contributed by atoms with Crippen LogP contribution in [0.25, 0.3) is 0 Å². The molecule has 1 heterocycles.